The molecule has 2 unspecified atom stereocenters. The first kappa shape index (κ1) is 14.3. The van der Waals surface area contributed by atoms with Crippen LogP contribution in [0.25, 0.3) is 0 Å². The standard InChI is InChI=1S/C16H32N2/c1-4-15-9-8-14(2)18(15)13-16(12-17-3)10-6-5-7-11-16/h14-15,17H,4-13H2,1-3H3. The molecule has 0 amide bonds. The average molecular weight is 252 g/mol. The molecule has 1 aliphatic heterocycles. The first-order valence-electron chi connectivity index (χ1n) is 8.11. The molecule has 2 heteroatoms. The molecule has 1 heterocycles. The van der Waals surface area contributed by atoms with Crippen LogP contribution in [0.3, 0.4) is 0 Å². The van der Waals surface area contributed by atoms with Crippen LogP contribution in [0.4, 0.5) is 0 Å². The molecular weight excluding hydrogens is 220 g/mol. The molecule has 2 fully saturated rings. The normalized spacial score (nSPS) is 32.8. The molecule has 0 spiro atoms. The second-order valence-corrected chi connectivity index (χ2v) is 6.75. The number of likely N-dealkylation sites (tertiary alicyclic amines) is 1. The predicted octanol–water partition coefficient (Wildman–Crippen LogP) is 3.42. The van der Waals surface area contributed by atoms with Gasteiger partial charge in [0.15, 0.2) is 0 Å². The zero-order valence-electron chi connectivity index (χ0n) is 12.7. The van der Waals surface area contributed by atoms with Crippen molar-refractivity contribution in [2.75, 3.05) is 20.1 Å². The Balaban J connectivity index is 2.02. The number of nitrogens with zero attached hydrogens (tertiary/aromatic N) is 1. The van der Waals surface area contributed by atoms with Crippen molar-refractivity contribution >= 4 is 0 Å². The summed E-state index contributed by atoms with van der Waals surface area (Å²) in [5, 5.41) is 3.47. The van der Waals surface area contributed by atoms with Crippen LogP contribution in [-0.2, 0) is 0 Å². The molecule has 2 aliphatic rings. The zero-order valence-corrected chi connectivity index (χ0v) is 12.7. The molecular formula is C16H32N2. The van der Waals surface area contributed by atoms with Gasteiger partial charge >= 0.3 is 0 Å². The van der Waals surface area contributed by atoms with Gasteiger partial charge in [-0.3, -0.25) is 4.90 Å². The molecule has 2 nitrogen and oxygen atoms in total. The van der Waals surface area contributed by atoms with E-state index < -0.39 is 0 Å². The highest BCUT2D eigenvalue weighted by Crippen LogP contribution is 2.39. The van der Waals surface area contributed by atoms with Gasteiger partial charge in [-0.1, -0.05) is 26.2 Å². The first-order valence-corrected chi connectivity index (χ1v) is 8.11. The Kier molecular flexibility index (Phi) is 5.08. The van der Waals surface area contributed by atoms with E-state index in [9.17, 15) is 0 Å². The minimum absolute atomic E-state index is 0.568. The summed E-state index contributed by atoms with van der Waals surface area (Å²) in [5.41, 5.74) is 0.568. The molecule has 1 aliphatic carbocycles. The molecule has 2 atom stereocenters. The van der Waals surface area contributed by atoms with Crippen LogP contribution in [0.2, 0.25) is 0 Å². The molecule has 1 saturated carbocycles. The van der Waals surface area contributed by atoms with Gasteiger partial charge in [-0.05, 0) is 51.5 Å². The predicted molar refractivity (Wildman–Crippen MR) is 78.9 cm³/mol. The smallest absolute Gasteiger partial charge is 0.00962 e. The topological polar surface area (TPSA) is 15.3 Å². The van der Waals surface area contributed by atoms with Crippen LogP contribution in [-0.4, -0.2) is 37.1 Å². The van der Waals surface area contributed by atoms with E-state index in [0.29, 0.717) is 5.41 Å². The molecule has 106 valence electrons. The maximum atomic E-state index is 3.47. The highest BCUT2D eigenvalue weighted by Gasteiger charge is 2.38. The van der Waals surface area contributed by atoms with E-state index in [1.54, 1.807) is 0 Å². The van der Waals surface area contributed by atoms with Crippen molar-refractivity contribution in [1.29, 1.82) is 0 Å². The summed E-state index contributed by atoms with van der Waals surface area (Å²) >= 11 is 0. The summed E-state index contributed by atoms with van der Waals surface area (Å²) in [4.78, 5) is 2.84. The number of hydrogen-bond acceptors (Lipinski definition) is 2. The maximum Gasteiger partial charge on any atom is 0.00962 e. The molecule has 2 rings (SSSR count). The lowest BCUT2D eigenvalue weighted by Gasteiger charge is -2.43. The second-order valence-electron chi connectivity index (χ2n) is 6.75. The van der Waals surface area contributed by atoms with E-state index in [2.05, 4.69) is 31.1 Å². The largest absolute Gasteiger partial charge is 0.319 e. The Morgan fingerprint density at radius 1 is 1.17 bits per heavy atom. The Morgan fingerprint density at radius 2 is 1.89 bits per heavy atom. The van der Waals surface area contributed by atoms with Crippen LogP contribution < -0.4 is 5.32 Å². The maximum absolute atomic E-state index is 3.47. The minimum Gasteiger partial charge on any atom is -0.319 e. The van der Waals surface area contributed by atoms with Gasteiger partial charge in [0.05, 0.1) is 0 Å². The van der Waals surface area contributed by atoms with Gasteiger partial charge in [-0.2, -0.15) is 0 Å². The molecule has 1 N–H and O–H groups in total. The van der Waals surface area contributed by atoms with Crippen LogP contribution in [0.15, 0.2) is 0 Å². The number of rotatable bonds is 5. The molecule has 0 aromatic rings. The molecule has 1 saturated heterocycles. The van der Waals surface area contributed by atoms with Gasteiger partial charge in [0.25, 0.3) is 0 Å². The minimum atomic E-state index is 0.568. The second kappa shape index (κ2) is 6.38. The van der Waals surface area contributed by atoms with Gasteiger partial charge in [0.2, 0.25) is 0 Å². The summed E-state index contributed by atoms with van der Waals surface area (Å²) in [6.45, 7) is 7.35. The molecule has 0 bridgehead atoms. The van der Waals surface area contributed by atoms with Gasteiger partial charge < -0.3 is 5.32 Å². The van der Waals surface area contributed by atoms with Gasteiger partial charge in [0, 0.05) is 25.2 Å². The third kappa shape index (κ3) is 3.08. The van der Waals surface area contributed by atoms with Gasteiger partial charge in [-0.15, -0.1) is 0 Å². The summed E-state index contributed by atoms with van der Waals surface area (Å²) in [6, 6.07) is 1.67. The van der Waals surface area contributed by atoms with Crippen molar-refractivity contribution in [3.63, 3.8) is 0 Å². The number of hydrogen-bond donors (Lipinski definition) is 1. The van der Waals surface area contributed by atoms with E-state index in [0.717, 1.165) is 12.1 Å². The van der Waals surface area contributed by atoms with Crippen molar-refractivity contribution in [1.82, 2.24) is 10.2 Å². The average Bonchev–Trinajstić information content (AvgIpc) is 2.72. The molecule has 0 aromatic carbocycles. The third-order valence-corrected chi connectivity index (χ3v) is 5.41. The first-order chi connectivity index (χ1) is 8.71. The van der Waals surface area contributed by atoms with Crippen LogP contribution in [0, 0.1) is 5.41 Å². The van der Waals surface area contributed by atoms with Crippen molar-refractivity contribution < 1.29 is 0 Å². The SMILES string of the molecule is CCC1CCC(C)N1CC1(CNC)CCCCC1. The number of nitrogens with one attached hydrogen (secondary N) is 1. The van der Waals surface area contributed by atoms with E-state index in [1.165, 1.54) is 64.5 Å². The fourth-order valence-corrected chi connectivity index (χ4v) is 4.30. The van der Waals surface area contributed by atoms with Crippen molar-refractivity contribution in [3.8, 4) is 0 Å². The highest BCUT2D eigenvalue weighted by atomic mass is 15.2. The van der Waals surface area contributed by atoms with Crippen LogP contribution >= 0.6 is 0 Å². The van der Waals surface area contributed by atoms with Crippen molar-refractivity contribution in [2.24, 2.45) is 5.41 Å². The lowest BCUT2D eigenvalue weighted by molar-refractivity contribution is 0.0749. The highest BCUT2D eigenvalue weighted by molar-refractivity contribution is 4.93. The Hall–Kier alpha value is -0.0800. The van der Waals surface area contributed by atoms with E-state index in [4.69, 9.17) is 0 Å². The fourth-order valence-electron chi connectivity index (χ4n) is 4.30. The molecule has 0 aromatic heterocycles. The lowest BCUT2D eigenvalue weighted by Crippen LogP contribution is -2.48. The van der Waals surface area contributed by atoms with E-state index in [-0.39, 0.29) is 0 Å². The van der Waals surface area contributed by atoms with E-state index in [1.807, 2.05) is 0 Å². The summed E-state index contributed by atoms with van der Waals surface area (Å²) in [5.74, 6) is 0. The molecule has 0 radical (unpaired) electrons. The van der Waals surface area contributed by atoms with Crippen LogP contribution in [0.5, 0.6) is 0 Å². The monoisotopic (exact) mass is 252 g/mol. The zero-order chi connectivity index (χ0) is 13.0. The van der Waals surface area contributed by atoms with Gasteiger partial charge in [0.1, 0.15) is 0 Å². The summed E-state index contributed by atoms with van der Waals surface area (Å²) in [6.07, 6.45) is 11.4. The van der Waals surface area contributed by atoms with E-state index >= 15 is 0 Å². The third-order valence-electron chi connectivity index (χ3n) is 5.41. The summed E-state index contributed by atoms with van der Waals surface area (Å²) < 4.78 is 0. The fraction of sp³-hybridized carbons (Fsp3) is 1.00. The Morgan fingerprint density at radius 3 is 2.50 bits per heavy atom. The lowest BCUT2D eigenvalue weighted by atomic mass is 9.73. The quantitative estimate of drug-likeness (QED) is 0.806. The van der Waals surface area contributed by atoms with Crippen molar-refractivity contribution in [3.05, 3.63) is 0 Å². The Bertz CT molecular complexity index is 240. The van der Waals surface area contributed by atoms with Crippen LogP contribution in [0.1, 0.15) is 65.2 Å². The van der Waals surface area contributed by atoms with Crippen molar-refractivity contribution in [2.45, 2.75) is 77.3 Å². The molecule has 18 heavy (non-hydrogen) atoms. The Labute approximate surface area is 114 Å². The van der Waals surface area contributed by atoms with Gasteiger partial charge in [-0.25, -0.2) is 0 Å². The summed E-state index contributed by atoms with van der Waals surface area (Å²) in [7, 11) is 2.13.